The predicted octanol–water partition coefficient (Wildman–Crippen LogP) is 0.621. The van der Waals surface area contributed by atoms with E-state index in [1.807, 2.05) is 18.2 Å². The zero-order chi connectivity index (χ0) is 13.1. The number of hydrogen-bond donors (Lipinski definition) is 2. The number of H-pyrrole nitrogens is 1. The van der Waals surface area contributed by atoms with Gasteiger partial charge in [0.1, 0.15) is 0 Å². The molecule has 1 amide bonds. The second-order valence-corrected chi connectivity index (χ2v) is 4.70. The van der Waals surface area contributed by atoms with Crippen LogP contribution >= 0.6 is 0 Å². The van der Waals surface area contributed by atoms with Crippen LogP contribution in [0.25, 0.3) is 0 Å². The number of hydrogen-bond acceptors (Lipinski definition) is 4. The molecule has 0 radical (unpaired) electrons. The van der Waals surface area contributed by atoms with Crippen LogP contribution in [0.1, 0.15) is 23.5 Å². The van der Waals surface area contributed by atoms with Gasteiger partial charge in [-0.15, -0.1) is 0 Å². The van der Waals surface area contributed by atoms with Gasteiger partial charge in [0.25, 0.3) is 0 Å². The number of nitrogens with zero attached hydrogens (tertiary/aromatic N) is 3. The number of aromatic amines is 1. The Kier molecular flexibility index (Phi) is 3.22. The maximum Gasteiger partial charge on any atom is 0.223 e. The van der Waals surface area contributed by atoms with E-state index in [0.717, 1.165) is 29.9 Å². The van der Waals surface area contributed by atoms with Gasteiger partial charge in [0, 0.05) is 18.5 Å². The van der Waals surface area contributed by atoms with Gasteiger partial charge in [0.15, 0.2) is 0 Å². The van der Waals surface area contributed by atoms with Crippen molar-refractivity contribution in [2.45, 2.75) is 25.8 Å². The molecule has 2 N–H and O–H groups in total. The zero-order valence-corrected chi connectivity index (χ0v) is 10.5. The summed E-state index contributed by atoms with van der Waals surface area (Å²) < 4.78 is 0. The van der Waals surface area contributed by atoms with Crippen LogP contribution in [-0.2, 0) is 24.2 Å². The minimum atomic E-state index is -0.0127. The largest absolute Gasteiger partial charge is 0.350 e. The van der Waals surface area contributed by atoms with E-state index in [0.29, 0.717) is 13.0 Å². The van der Waals surface area contributed by atoms with Crippen molar-refractivity contribution in [1.82, 2.24) is 25.7 Å². The maximum absolute atomic E-state index is 12.1. The lowest BCUT2D eigenvalue weighted by Crippen LogP contribution is -2.33. The lowest BCUT2D eigenvalue weighted by atomic mass is 9.89. The van der Waals surface area contributed by atoms with Crippen molar-refractivity contribution in [3.8, 4) is 0 Å². The molecule has 1 unspecified atom stereocenters. The predicted molar refractivity (Wildman–Crippen MR) is 68.0 cm³/mol. The quantitative estimate of drug-likeness (QED) is 0.844. The third-order valence-electron chi connectivity index (χ3n) is 3.41. The summed E-state index contributed by atoms with van der Waals surface area (Å²) >= 11 is 0. The first-order valence-electron chi connectivity index (χ1n) is 6.39. The van der Waals surface area contributed by atoms with Crippen molar-refractivity contribution < 1.29 is 4.79 Å². The van der Waals surface area contributed by atoms with Crippen LogP contribution in [0.5, 0.6) is 0 Å². The van der Waals surface area contributed by atoms with Gasteiger partial charge in [0.05, 0.1) is 23.6 Å². The van der Waals surface area contributed by atoms with Gasteiger partial charge in [-0.05, 0) is 25.0 Å². The molecule has 2 heterocycles. The molecule has 0 fully saturated rings. The minimum absolute atomic E-state index is 0.0127. The molecule has 0 aromatic carbocycles. The van der Waals surface area contributed by atoms with Gasteiger partial charge in [-0.1, -0.05) is 6.07 Å². The summed E-state index contributed by atoms with van der Waals surface area (Å²) in [6, 6.07) is 5.67. The summed E-state index contributed by atoms with van der Waals surface area (Å²) in [5.41, 5.74) is 2.78. The van der Waals surface area contributed by atoms with Crippen LogP contribution in [-0.4, -0.2) is 26.3 Å². The number of aromatic nitrogens is 4. The molecule has 3 rings (SSSR count). The second-order valence-electron chi connectivity index (χ2n) is 4.70. The number of amides is 1. The Balaban J connectivity index is 1.57. The van der Waals surface area contributed by atoms with Crippen molar-refractivity contribution in [1.29, 1.82) is 0 Å². The SMILES string of the molecule is O=C(NCc1ccccn1)C1CCc2n[nH]nc2C1. The topological polar surface area (TPSA) is 83.6 Å². The molecule has 6 nitrogen and oxygen atoms in total. The first kappa shape index (κ1) is 11.8. The standard InChI is InChI=1S/C13H15N5O/c19-13(15-8-10-3-1-2-6-14-10)9-4-5-11-12(7-9)17-18-16-11/h1-3,6,9H,4-5,7-8H2,(H,15,19)(H,16,17,18). The van der Waals surface area contributed by atoms with Crippen LogP contribution in [0, 0.1) is 5.92 Å². The number of carbonyl (C=O) groups excluding carboxylic acids is 1. The number of nitrogens with one attached hydrogen (secondary N) is 2. The molecule has 2 aromatic rings. The van der Waals surface area contributed by atoms with Crippen molar-refractivity contribution in [3.63, 3.8) is 0 Å². The number of carbonyl (C=O) groups is 1. The summed E-state index contributed by atoms with van der Waals surface area (Å²) in [4.78, 5) is 16.3. The normalized spacial score (nSPS) is 17.8. The number of fused-ring (bicyclic) bond motifs is 1. The van der Waals surface area contributed by atoms with E-state index in [1.165, 1.54) is 0 Å². The molecule has 0 saturated heterocycles. The molecule has 0 saturated carbocycles. The Morgan fingerprint density at radius 3 is 3.11 bits per heavy atom. The Hall–Kier alpha value is -2.24. The Morgan fingerprint density at radius 1 is 1.37 bits per heavy atom. The van der Waals surface area contributed by atoms with Gasteiger partial charge in [-0.2, -0.15) is 15.4 Å². The molecule has 1 aliphatic carbocycles. The van der Waals surface area contributed by atoms with Gasteiger partial charge in [-0.25, -0.2) is 0 Å². The van der Waals surface area contributed by atoms with Crippen LogP contribution in [0.3, 0.4) is 0 Å². The summed E-state index contributed by atoms with van der Waals surface area (Å²) in [6.07, 6.45) is 4.03. The lowest BCUT2D eigenvalue weighted by Gasteiger charge is -2.19. The van der Waals surface area contributed by atoms with Gasteiger partial charge >= 0.3 is 0 Å². The zero-order valence-electron chi connectivity index (χ0n) is 10.5. The average Bonchev–Trinajstić information content (AvgIpc) is 2.93. The van der Waals surface area contributed by atoms with E-state index in [4.69, 9.17) is 0 Å². The van der Waals surface area contributed by atoms with Crippen molar-refractivity contribution >= 4 is 5.91 Å². The highest BCUT2D eigenvalue weighted by molar-refractivity contribution is 5.79. The summed E-state index contributed by atoms with van der Waals surface area (Å²) in [7, 11) is 0. The Morgan fingerprint density at radius 2 is 2.26 bits per heavy atom. The molecule has 19 heavy (non-hydrogen) atoms. The molecule has 1 aliphatic rings. The highest BCUT2D eigenvalue weighted by atomic mass is 16.1. The molecule has 0 spiro atoms. The fraction of sp³-hybridized carbons (Fsp3) is 0.385. The van der Waals surface area contributed by atoms with E-state index < -0.39 is 0 Å². The van der Waals surface area contributed by atoms with Crippen LogP contribution < -0.4 is 5.32 Å². The van der Waals surface area contributed by atoms with Crippen LogP contribution in [0.4, 0.5) is 0 Å². The fourth-order valence-electron chi connectivity index (χ4n) is 2.33. The van der Waals surface area contributed by atoms with Crippen LogP contribution in [0.15, 0.2) is 24.4 Å². The maximum atomic E-state index is 12.1. The molecular formula is C13H15N5O. The van der Waals surface area contributed by atoms with E-state index in [1.54, 1.807) is 6.20 Å². The van der Waals surface area contributed by atoms with Gasteiger partial charge in [-0.3, -0.25) is 9.78 Å². The molecular weight excluding hydrogens is 242 g/mol. The average molecular weight is 257 g/mol. The fourth-order valence-corrected chi connectivity index (χ4v) is 2.33. The summed E-state index contributed by atoms with van der Waals surface area (Å²) in [6.45, 7) is 0.474. The first-order chi connectivity index (χ1) is 9.33. The van der Waals surface area contributed by atoms with Gasteiger partial charge in [0.2, 0.25) is 5.91 Å². The monoisotopic (exact) mass is 257 g/mol. The van der Waals surface area contributed by atoms with E-state index in [9.17, 15) is 4.79 Å². The smallest absolute Gasteiger partial charge is 0.223 e. The number of aryl methyl sites for hydroxylation is 1. The third kappa shape index (κ3) is 2.62. The van der Waals surface area contributed by atoms with E-state index in [-0.39, 0.29) is 11.8 Å². The third-order valence-corrected chi connectivity index (χ3v) is 3.41. The van der Waals surface area contributed by atoms with Crippen LogP contribution in [0.2, 0.25) is 0 Å². The lowest BCUT2D eigenvalue weighted by molar-refractivity contribution is -0.125. The molecule has 2 aromatic heterocycles. The van der Waals surface area contributed by atoms with E-state index in [2.05, 4.69) is 25.7 Å². The second kappa shape index (κ2) is 5.17. The highest BCUT2D eigenvalue weighted by Crippen LogP contribution is 2.22. The summed E-state index contributed by atoms with van der Waals surface area (Å²) in [5, 5.41) is 13.7. The molecule has 98 valence electrons. The van der Waals surface area contributed by atoms with Crippen molar-refractivity contribution in [2.24, 2.45) is 5.92 Å². The molecule has 1 atom stereocenters. The summed E-state index contributed by atoms with van der Waals surface area (Å²) in [5.74, 6) is 0.0561. The molecule has 0 aliphatic heterocycles. The minimum Gasteiger partial charge on any atom is -0.350 e. The Labute approximate surface area is 110 Å². The number of rotatable bonds is 3. The molecule has 0 bridgehead atoms. The van der Waals surface area contributed by atoms with Gasteiger partial charge < -0.3 is 5.32 Å². The van der Waals surface area contributed by atoms with Crippen molar-refractivity contribution in [3.05, 3.63) is 41.5 Å². The molecule has 6 heteroatoms. The highest BCUT2D eigenvalue weighted by Gasteiger charge is 2.26. The van der Waals surface area contributed by atoms with E-state index >= 15 is 0 Å². The van der Waals surface area contributed by atoms with Crippen molar-refractivity contribution in [2.75, 3.05) is 0 Å². The number of pyridine rings is 1. The first-order valence-corrected chi connectivity index (χ1v) is 6.39. The Bertz CT molecular complexity index is 565.